The molecule has 1 aromatic rings. The summed E-state index contributed by atoms with van der Waals surface area (Å²) >= 11 is 0. The van der Waals surface area contributed by atoms with Gasteiger partial charge in [0.05, 0.1) is 12.0 Å². The van der Waals surface area contributed by atoms with Gasteiger partial charge in [0.15, 0.2) is 0 Å². The Labute approximate surface area is 183 Å². The molecule has 0 spiro atoms. The van der Waals surface area contributed by atoms with Crippen molar-refractivity contribution in [2.75, 3.05) is 13.2 Å². The van der Waals surface area contributed by atoms with Gasteiger partial charge in [0, 0.05) is 6.54 Å². The molecule has 1 fully saturated rings. The molecule has 1 saturated heterocycles. The summed E-state index contributed by atoms with van der Waals surface area (Å²) in [5, 5.41) is 31.0. The average molecular weight is 427 g/mol. The number of nitriles is 1. The van der Waals surface area contributed by atoms with Gasteiger partial charge in [-0.1, -0.05) is 57.2 Å². The van der Waals surface area contributed by atoms with Crippen LogP contribution in [0.4, 0.5) is 4.79 Å². The molecule has 0 radical (unpaired) electrons. The quantitative estimate of drug-likeness (QED) is 0.347. The number of hydrogen-bond donors (Lipinski definition) is 3. The lowest BCUT2D eigenvalue weighted by molar-refractivity contribution is -0.128. The molecule has 1 aliphatic rings. The number of amides is 2. The van der Waals surface area contributed by atoms with Crippen LogP contribution in [0.15, 0.2) is 42.0 Å². The number of rotatable bonds is 7. The smallest absolute Gasteiger partial charge is 0.447 e. The highest BCUT2D eigenvalue weighted by atomic mass is 16.5. The fourth-order valence-electron chi connectivity index (χ4n) is 3.47. The molecule has 0 bridgehead atoms. The molecule has 1 unspecified atom stereocenters. The summed E-state index contributed by atoms with van der Waals surface area (Å²) in [6.45, 7) is 6.19. The number of nitrogens with zero attached hydrogens (tertiary/aromatic N) is 2. The molecule has 1 aliphatic heterocycles. The molecule has 3 N–H and O–H groups in total. The normalized spacial score (nSPS) is 17.6. The Morgan fingerprint density at radius 2 is 2.03 bits per heavy atom. The lowest BCUT2D eigenvalue weighted by Crippen LogP contribution is -2.49. The van der Waals surface area contributed by atoms with Crippen molar-refractivity contribution in [3.8, 4) is 6.07 Å². The summed E-state index contributed by atoms with van der Waals surface area (Å²) < 4.78 is 5.27. The van der Waals surface area contributed by atoms with Crippen molar-refractivity contribution in [3.63, 3.8) is 0 Å². The summed E-state index contributed by atoms with van der Waals surface area (Å²) in [4.78, 5) is 26.6. The van der Waals surface area contributed by atoms with Gasteiger partial charge in [0.25, 0.3) is 5.91 Å². The number of alkyl carbamates (subject to hydrolysis) is 1. The number of nitrogens with one attached hydrogen (secondary N) is 1. The Kier molecular flexibility index (Phi) is 8.66. The third-order valence-electron chi connectivity index (χ3n) is 4.93. The van der Waals surface area contributed by atoms with Crippen LogP contribution >= 0.6 is 0 Å². The van der Waals surface area contributed by atoms with Crippen LogP contribution in [0.25, 0.3) is 0 Å². The largest absolute Gasteiger partial charge is 0.475 e. The molecular weight excluding hydrogens is 397 g/mol. The third-order valence-corrected chi connectivity index (χ3v) is 4.93. The second-order valence-electron chi connectivity index (χ2n) is 8.78. The highest BCUT2D eigenvalue weighted by Crippen LogP contribution is 2.23. The van der Waals surface area contributed by atoms with E-state index < -0.39 is 19.2 Å². The molecular formula is C22H30BN3O5. The predicted molar refractivity (Wildman–Crippen MR) is 116 cm³/mol. The van der Waals surface area contributed by atoms with Gasteiger partial charge in [-0.25, -0.2) is 4.79 Å². The summed E-state index contributed by atoms with van der Waals surface area (Å²) in [6.07, 6.45) is 2.49. The van der Waals surface area contributed by atoms with Crippen LogP contribution in [0.5, 0.6) is 0 Å². The van der Waals surface area contributed by atoms with E-state index >= 15 is 0 Å². The van der Waals surface area contributed by atoms with Crippen molar-refractivity contribution in [2.24, 2.45) is 5.41 Å². The third kappa shape index (κ3) is 7.74. The Balaban J connectivity index is 1.94. The van der Waals surface area contributed by atoms with Crippen molar-refractivity contribution in [1.82, 2.24) is 10.2 Å². The summed E-state index contributed by atoms with van der Waals surface area (Å²) in [7, 11) is -1.75. The average Bonchev–Trinajstić information content (AvgIpc) is 3.18. The zero-order valence-corrected chi connectivity index (χ0v) is 18.2. The van der Waals surface area contributed by atoms with Crippen molar-refractivity contribution in [3.05, 3.63) is 47.5 Å². The highest BCUT2D eigenvalue weighted by molar-refractivity contribution is 6.43. The van der Waals surface area contributed by atoms with Crippen molar-refractivity contribution >= 4 is 19.1 Å². The summed E-state index contributed by atoms with van der Waals surface area (Å²) in [5.41, 5.74) is 0.601. The minimum absolute atomic E-state index is 0.0363. The molecule has 8 nitrogen and oxygen atoms in total. The Morgan fingerprint density at radius 3 is 2.61 bits per heavy atom. The van der Waals surface area contributed by atoms with Crippen molar-refractivity contribution < 1.29 is 24.4 Å². The van der Waals surface area contributed by atoms with E-state index in [1.54, 1.807) is 11.0 Å². The molecule has 2 atom stereocenters. The molecule has 1 aromatic carbocycles. The van der Waals surface area contributed by atoms with Gasteiger partial charge in [0.2, 0.25) is 0 Å². The Bertz CT molecular complexity index is 830. The van der Waals surface area contributed by atoms with Crippen LogP contribution in [-0.4, -0.2) is 59.2 Å². The van der Waals surface area contributed by atoms with Crippen molar-refractivity contribution in [1.29, 1.82) is 5.26 Å². The van der Waals surface area contributed by atoms with Crippen LogP contribution in [-0.2, 0) is 16.0 Å². The molecule has 0 saturated carbocycles. The fraction of sp³-hybridized carbons (Fsp3) is 0.500. The first-order valence-corrected chi connectivity index (χ1v) is 10.4. The molecule has 166 valence electrons. The zero-order valence-electron chi connectivity index (χ0n) is 18.2. The number of likely N-dealkylation sites (tertiary alicyclic amines) is 1. The Hall–Kier alpha value is -2.83. The van der Waals surface area contributed by atoms with E-state index in [0.717, 1.165) is 12.0 Å². The van der Waals surface area contributed by atoms with Gasteiger partial charge in [-0.05, 0) is 30.2 Å². The standard InChI is InChI=1S/C22H30BN3O5/c1-22(2,3)13-17(14-24)20(27)26-11-7-10-18(26)15-31-21(28)25-19(23(29)30)12-16-8-5-4-6-9-16/h4-6,8-9,13,18-19,29-30H,7,10-12,15H2,1-3H3,(H,25,28)/t18-,19?/m1/s1. The fourth-order valence-corrected chi connectivity index (χ4v) is 3.47. The van der Waals surface area contributed by atoms with E-state index in [2.05, 4.69) is 5.32 Å². The van der Waals surface area contributed by atoms with Gasteiger partial charge >= 0.3 is 13.2 Å². The van der Waals surface area contributed by atoms with E-state index in [-0.39, 0.29) is 36.0 Å². The van der Waals surface area contributed by atoms with Crippen LogP contribution in [0, 0.1) is 16.7 Å². The second-order valence-corrected chi connectivity index (χ2v) is 8.78. The number of benzene rings is 1. The van der Waals surface area contributed by atoms with E-state index in [1.165, 1.54) is 0 Å². The van der Waals surface area contributed by atoms with Crippen LogP contribution < -0.4 is 5.32 Å². The second kappa shape index (κ2) is 11.0. The van der Waals surface area contributed by atoms with E-state index in [9.17, 15) is 24.9 Å². The van der Waals surface area contributed by atoms with Gasteiger partial charge < -0.3 is 25.0 Å². The van der Waals surface area contributed by atoms with E-state index in [0.29, 0.717) is 13.0 Å². The van der Waals surface area contributed by atoms with Crippen LogP contribution in [0.3, 0.4) is 0 Å². The monoisotopic (exact) mass is 427 g/mol. The zero-order chi connectivity index (χ0) is 23.0. The van der Waals surface area contributed by atoms with Gasteiger partial charge in [0.1, 0.15) is 18.2 Å². The number of ether oxygens (including phenoxy) is 1. The summed E-state index contributed by atoms with van der Waals surface area (Å²) in [5.74, 6) is -1.30. The first kappa shape index (κ1) is 24.4. The topological polar surface area (TPSA) is 123 Å². The minimum atomic E-state index is -1.75. The molecule has 0 aromatic heterocycles. The lowest BCUT2D eigenvalue weighted by Gasteiger charge is -2.25. The molecule has 9 heteroatoms. The van der Waals surface area contributed by atoms with E-state index in [4.69, 9.17) is 4.74 Å². The summed E-state index contributed by atoms with van der Waals surface area (Å²) in [6, 6.07) is 10.8. The highest BCUT2D eigenvalue weighted by Gasteiger charge is 2.33. The van der Waals surface area contributed by atoms with E-state index in [1.807, 2.05) is 57.2 Å². The van der Waals surface area contributed by atoms with Crippen LogP contribution in [0.1, 0.15) is 39.2 Å². The molecule has 0 aliphatic carbocycles. The van der Waals surface area contributed by atoms with Gasteiger partial charge in [-0.2, -0.15) is 5.26 Å². The minimum Gasteiger partial charge on any atom is -0.447 e. The maximum atomic E-state index is 12.8. The number of carbonyl (C=O) groups excluding carboxylic acids is 2. The lowest BCUT2D eigenvalue weighted by atomic mass is 9.76. The maximum Gasteiger partial charge on any atom is 0.475 e. The van der Waals surface area contributed by atoms with Crippen molar-refractivity contribution in [2.45, 2.75) is 52.0 Å². The molecule has 2 amide bonds. The van der Waals surface area contributed by atoms with Crippen LogP contribution in [0.2, 0.25) is 0 Å². The first-order chi connectivity index (χ1) is 14.6. The Morgan fingerprint density at radius 1 is 1.35 bits per heavy atom. The SMILES string of the molecule is CC(C)(C)C=C(C#N)C(=O)N1CCC[C@@H]1COC(=O)NC(Cc1ccccc1)B(O)O. The maximum absolute atomic E-state index is 12.8. The van der Waals surface area contributed by atoms with Gasteiger partial charge in [-0.3, -0.25) is 4.79 Å². The van der Waals surface area contributed by atoms with Gasteiger partial charge in [-0.15, -0.1) is 0 Å². The number of hydrogen-bond acceptors (Lipinski definition) is 6. The molecule has 31 heavy (non-hydrogen) atoms. The predicted octanol–water partition coefficient (Wildman–Crippen LogP) is 1.82. The first-order valence-electron chi connectivity index (χ1n) is 10.4. The number of carbonyl (C=O) groups is 2. The molecule has 1 heterocycles. The number of allylic oxidation sites excluding steroid dienone is 1. The molecule has 2 rings (SSSR count).